The molecular weight excluding hydrogens is 356 g/mol. The molecule has 0 spiro atoms. The van der Waals surface area contributed by atoms with Crippen molar-refractivity contribution in [1.82, 2.24) is 9.80 Å². The molecule has 1 N–H and O–H groups in total. The van der Waals surface area contributed by atoms with Gasteiger partial charge in [-0.25, -0.2) is 0 Å². The molecule has 0 radical (unpaired) electrons. The van der Waals surface area contributed by atoms with E-state index in [1.807, 2.05) is 56.9 Å². The molecule has 6 nitrogen and oxygen atoms in total. The summed E-state index contributed by atoms with van der Waals surface area (Å²) in [5.41, 5.74) is 1.64. The summed E-state index contributed by atoms with van der Waals surface area (Å²) in [6, 6.07) is 7.14. The molecule has 1 fully saturated rings. The third-order valence-corrected chi connectivity index (χ3v) is 5.22. The van der Waals surface area contributed by atoms with Crippen LogP contribution >= 0.6 is 0 Å². The SMILES string of the molecule is CC(C)Oc1ccc(C2=C(N3CCCC(CO)C3)C(=O)N(C(C)C)C2=O)cc1. The van der Waals surface area contributed by atoms with Gasteiger partial charge in [0.15, 0.2) is 0 Å². The molecule has 152 valence electrons. The average Bonchev–Trinajstić information content (AvgIpc) is 2.92. The Kier molecular flexibility index (Phi) is 6.08. The first-order valence-electron chi connectivity index (χ1n) is 10.1. The standard InChI is InChI=1S/C22H30N2O4/c1-14(2)24-21(26)19(17-7-9-18(10-8-17)28-15(3)4)20(22(24)27)23-11-5-6-16(12-23)13-25/h7-10,14-16,25H,5-6,11-13H2,1-4H3. The topological polar surface area (TPSA) is 70.1 Å². The Hall–Kier alpha value is -2.34. The highest BCUT2D eigenvalue weighted by Gasteiger charge is 2.43. The van der Waals surface area contributed by atoms with Gasteiger partial charge in [0, 0.05) is 25.7 Å². The fourth-order valence-corrected chi connectivity index (χ4v) is 3.95. The maximum absolute atomic E-state index is 13.2. The zero-order chi connectivity index (χ0) is 20.4. The third-order valence-electron chi connectivity index (χ3n) is 5.22. The second-order valence-corrected chi connectivity index (χ2v) is 8.13. The number of amides is 2. The van der Waals surface area contributed by atoms with Crippen molar-refractivity contribution in [3.63, 3.8) is 0 Å². The van der Waals surface area contributed by atoms with Crippen molar-refractivity contribution in [2.45, 2.75) is 52.7 Å². The number of hydrogen-bond acceptors (Lipinski definition) is 5. The van der Waals surface area contributed by atoms with Gasteiger partial charge >= 0.3 is 0 Å². The predicted octanol–water partition coefficient (Wildman–Crippen LogP) is 2.67. The Labute approximate surface area is 166 Å². The molecule has 0 aromatic heterocycles. The molecule has 0 aliphatic carbocycles. The zero-order valence-corrected chi connectivity index (χ0v) is 17.1. The highest BCUT2D eigenvalue weighted by molar-refractivity contribution is 6.35. The number of nitrogens with zero attached hydrogens (tertiary/aromatic N) is 2. The van der Waals surface area contributed by atoms with Crippen LogP contribution in [0.3, 0.4) is 0 Å². The van der Waals surface area contributed by atoms with Crippen LogP contribution < -0.4 is 4.74 Å². The normalized spacial score (nSPS) is 20.8. The summed E-state index contributed by atoms with van der Waals surface area (Å²) in [7, 11) is 0. The second-order valence-electron chi connectivity index (χ2n) is 8.13. The van der Waals surface area contributed by atoms with E-state index in [0.29, 0.717) is 17.8 Å². The molecule has 2 aliphatic rings. The van der Waals surface area contributed by atoms with Crippen molar-refractivity contribution in [3.05, 3.63) is 35.5 Å². The van der Waals surface area contributed by atoms with Gasteiger partial charge in [-0.2, -0.15) is 0 Å². The maximum Gasteiger partial charge on any atom is 0.278 e. The van der Waals surface area contributed by atoms with Gasteiger partial charge in [-0.15, -0.1) is 0 Å². The number of benzene rings is 1. The summed E-state index contributed by atoms with van der Waals surface area (Å²) in [6.45, 7) is 9.02. The molecule has 28 heavy (non-hydrogen) atoms. The molecule has 1 atom stereocenters. The van der Waals surface area contributed by atoms with Crippen LogP contribution in [0.15, 0.2) is 30.0 Å². The van der Waals surface area contributed by atoms with Gasteiger partial charge in [0.1, 0.15) is 11.4 Å². The van der Waals surface area contributed by atoms with Gasteiger partial charge in [0.25, 0.3) is 11.8 Å². The zero-order valence-electron chi connectivity index (χ0n) is 17.1. The van der Waals surface area contributed by atoms with Crippen LogP contribution in [-0.4, -0.2) is 58.6 Å². The molecule has 1 aromatic carbocycles. The van der Waals surface area contributed by atoms with Crippen LogP contribution in [0.5, 0.6) is 5.75 Å². The molecular formula is C22H30N2O4. The first kappa shape index (κ1) is 20.4. The number of carbonyl (C=O) groups excluding carboxylic acids is 2. The number of likely N-dealkylation sites (tertiary alicyclic amines) is 1. The first-order valence-corrected chi connectivity index (χ1v) is 10.1. The fraction of sp³-hybridized carbons (Fsp3) is 0.545. The molecule has 2 heterocycles. The van der Waals surface area contributed by atoms with E-state index in [1.165, 1.54) is 4.90 Å². The van der Waals surface area contributed by atoms with Gasteiger partial charge in [0.05, 0.1) is 11.7 Å². The lowest BCUT2D eigenvalue weighted by atomic mass is 9.97. The van der Waals surface area contributed by atoms with Crippen molar-refractivity contribution in [2.24, 2.45) is 5.92 Å². The van der Waals surface area contributed by atoms with Gasteiger partial charge in [-0.3, -0.25) is 14.5 Å². The van der Waals surface area contributed by atoms with Crippen LogP contribution in [0.2, 0.25) is 0 Å². The maximum atomic E-state index is 13.2. The molecule has 2 amide bonds. The van der Waals surface area contributed by atoms with Crippen molar-refractivity contribution in [1.29, 1.82) is 0 Å². The minimum absolute atomic E-state index is 0.0653. The van der Waals surface area contributed by atoms with Gasteiger partial charge in [-0.1, -0.05) is 12.1 Å². The predicted molar refractivity (Wildman–Crippen MR) is 107 cm³/mol. The van der Waals surface area contributed by atoms with Crippen molar-refractivity contribution >= 4 is 17.4 Å². The minimum atomic E-state index is -0.251. The van der Waals surface area contributed by atoms with Crippen molar-refractivity contribution < 1.29 is 19.4 Å². The summed E-state index contributed by atoms with van der Waals surface area (Å²) in [5, 5.41) is 9.58. The molecule has 0 saturated carbocycles. The van der Waals surface area contributed by atoms with E-state index in [2.05, 4.69) is 0 Å². The molecule has 1 saturated heterocycles. The van der Waals surface area contributed by atoms with Crippen LogP contribution in [0.1, 0.15) is 46.1 Å². The van der Waals surface area contributed by atoms with E-state index in [1.54, 1.807) is 0 Å². The van der Waals surface area contributed by atoms with Crippen LogP contribution in [0, 0.1) is 5.92 Å². The lowest BCUT2D eigenvalue weighted by molar-refractivity contribution is -0.139. The smallest absolute Gasteiger partial charge is 0.278 e. The number of carbonyl (C=O) groups is 2. The van der Waals surface area contributed by atoms with Gasteiger partial charge in [-0.05, 0) is 64.2 Å². The summed E-state index contributed by atoms with van der Waals surface area (Å²) in [5.74, 6) is 0.367. The Morgan fingerprint density at radius 3 is 2.36 bits per heavy atom. The van der Waals surface area contributed by atoms with E-state index in [0.717, 1.165) is 30.7 Å². The van der Waals surface area contributed by atoms with E-state index in [9.17, 15) is 14.7 Å². The quantitative estimate of drug-likeness (QED) is 0.761. The number of rotatable bonds is 6. The summed E-state index contributed by atoms with van der Waals surface area (Å²) < 4.78 is 5.69. The second kappa shape index (κ2) is 8.35. The third kappa shape index (κ3) is 3.92. The molecule has 6 heteroatoms. The largest absolute Gasteiger partial charge is 0.491 e. The van der Waals surface area contributed by atoms with E-state index >= 15 is 0 Å². The summed E-state index contributed by atoms with van der Waals surface area (Å²) in [6.07, 6.45) is 1.90. The van der Waals surface area contributed by atoms with Crippen LogP contribution in [0.4, 0.5) is 0 Å². The van der Waals surface area contributed by atoms with Gasteiger partial charge < -0.3 is 14.7 Å². The molecule has 0 bridgehead atoms. The number of ether oxygens (including phenoxy) is 1. The summed E-state index contributed by atoms with van der Waals surface area (Å²) >= 11 is 0. The van der Waals surface area contributed by atoms with Crippen LogP contribution in [-0.2, 0) is 9.59 Å². The lowest BCUT2D eigenvalue weighted by Gasteiger charge is -2.34. The monoisotopic (exact) mass is 386 g/mol. The van der Waals surface area contributed by atoms with Crippen molar-refractivity contribution in [3.8, 4) is 5.75 Å². The Morgan fingerprint density at radius 2 is 1.79 bits per heavy atom. The highest BCUT2D eigenvalue weighted by atomic mass is 16.5. The number of hydrogen-bond donors (Lipinski definition) is 1. The molecule has 3 rings (SSSR count). The summed E-state index contributed by atoms with van der Waals surface area (Å²) in [4.78, 5) is 29.7. The lowest BCUT2D eigenvalue weighted by Crippen LogP contribution is -2.42. The Morgan fingerprint density at radius 1 is 1.11 bits per heavy atom. The first-order chi connectivity index (χ1) is 13.3. The van der Waals surface area contributed by atoms with Crippen LogP contribution in [0.25, 0.3) is 5.57 Å². The Bertz CT molecular complexity index is 767. The van der Waals surface area contributed by atoms with E-state index in [-0.39, 0.29) is 36.5 Å². The number of piperidine rings is 1. The number of aliphatic hydroxyl groups excluding tert-OH is 1. The minimum Gasteiger partial charge on any atom is -0.491 e. The van der Waals surface area contributed by atoms with E-state index in [4.69, 9.17) is 4.74 Å². The number of imide groups is 1. The Balaban J connectivity index is 2.02. The van der Waals surface area contributed by atoms with Crippen molar-refractivity contribution in [2.75, 3.05) is 19.7 Å². The van der Waals surface area contributed by atoms with E-state index < -0.39 is 0 Å². The fourth-order valence-electron chi connectivity index (χ4n) is 3.95. The molecule has 1 aromatic rings. The molecule has 2 aliphatic heterocycles. The van der Waals surface area contributed by atoms with Gasteiger partial charge in [0.2, 0.25) is 0 Å². The average molecular weight is 386 g/mol. The highest BCUT2D eigenvalue weighted by Crippen LogP contribution is 2.35. The molecule has 1 unspecified atom stereocenters. The number of aliphatic hydroxyl groups is 1.